The summed E-state index contributed by atoms with van der Waals surface area (Å²) in [5, 5.41) is 3.31. The number of hydrogen-bond donors (Lipinski definition) is 1. The summed E-state index contributed by atoms with van der Waals surface area (Å²) in [5.74, 6) is -0.132. The average molecular weight is 439 g/mol. The van der Waals surface area contributed by atoms with Gasteiger partial charge in [-0.3, -0.25) is 19.8 Å². The van der Waals surface area contributed by atoms with Gasteiger partial charge in [0, 0.05) is 49.2 Å². The van der Waals surface area contributed by atoms with Crippen LogP contribution >= 0.6 is 11.6 Å². The Morgan fingerprint density at radius 3 is 2.84 bits per heavy atom. The van der Waals surface area contributed by atoms with Gasteiger partial charge in [-0.2, -0.15) is 0 Å². The number of benzene rings is 1. The van der Waals surface area contributed by atoms with E-state index in [-0.39, 0.29) is 23.8 Å². The molecule has 3 aromatic rings. The zero-order chi connectivity index (χ0) is 21.6. The van der Waals surface area contributed by atoms with Crippen LogP contribution in [0.15, 0.2) is 59.9 Å². The molecular formula is C23H20ClFN4O2. The summed E-state index contributed by atoms with van der Waals surface area (Å²) in [7, 11) is 0. The molecule has 0 fully saturated rings. The highest BCUT2D eigenvalue weighted by atomic mass is 35.5. The van der Waals surface area contributed by atoms with E-state index in [1.807, 2.05) is 18.2 Å². The van der Waals surface area contributed by atoms with E-state index >= 15 is 0 Å². The van der Waals surface area contributed by atoms with E-state index < -0.39 is 5.82 Å². The lowest BCUT2D eigenvalue weighted by Crippen LogP contribution is -2.22. The molecule has 6 nitrogen and oxygen atoms in total. The number of carbonyl (C=O) groups is 1. The van der Waals surface area contributed by atoms with Crippen LogP contribution in [-0.4, -0.2) is 34.6 Å². The van der Waals surface area contributed by atoms with Crippen LogP contribution in [0.3, 0.4) is 0 Å². The Bertz CT molecular complexity index is 1120. The molecule has 0 saturated heterocycles. The summed E-state index contributed by atoms with van der Waals surface area (Å²) in [6.45, 7) is 1.31. The van der Waals surface area contributed by atoms with Crippen molar-refractivity contribution in [1.29, 1.82) is 0 Å². The van der Waals surface area contributed by atoms with Crippen LogP contribution in [0.2, 0.25) is 5.02 Å². The molecule has 0 radical (unpaired) electrons. The van der Waals surface area contributed by atoms with Gasteiger partial charge in [0.1, 0.15) is 18.2 Å². The molecule has 2 aromatic heterocycles. The second-order valence-corrected chi connectivity index (χ2v) is 7.45. The van der Waals surface area contributed by atoms with Gasteiger partial charge >= 0.3 is 0 Å². The molecule has 0 bridgehead atoms. The summed E-state index contributed by atoms with van der Waals surface area (Å²) >= 11 is 5.79. The Kier molecular flexibility index (Phi) is 6.64. The highest BCUT2D eigenvalue weighted by molar-refractivity contribution is 6.30. The molecule has 3 heterocycles. The van der Waals surface area contributed by atoms with Crippen LogP contribution in [0.4, 0.5) is 10.1 Å². The number of hydrogen-bond acceptors (Lipinski definition) is 6. The third kappa shape index (κ3) is 5.31. The Morgan fingerprint density at radius 1 is 1.13 bits per heavy atom. The maximum Gasteiger partial charge on any atom is 0.170 e. The SMILES string of the molecule is O=C1CC(COc2ccc(F)c(Cl)c2)=Nc2c1ccnc2CNCCc1ccccn1. The molecule has 1 N–H and O–H groups in total. The van der Waals surface area contributed by atoms with E-state index in [4.69, 9.17) is 16.3 Å². The molecule has 0 unspecified atom stereocenters. The molecule has 0 spiro atoms. The van der Waals surface area contributed by atoms with Gasteiger partial charge in [0.25, 0.3) is 0 Å². The molecule has 0 amide bonds. The standard InChI is InChI=1S/C23H20ClFN4O2/c24-19-12-17(4-5-20(19)25)31-14-16-11-22(30)18-7-10-28-21(23(18)29-16)13-26-9-6-15-3-1-2-8-27-15/h1-5,7-8,10,12,26H,6,9,11,13-14H2. The molecule has 1 aliphatic heterocycles. The minimum atomic E-state index is -0.514. The van der Waals surface area contributed by atoms with Crippen molar-refractivity contribution in [3.05, 3.63) is 82.6 Å². The maximum atomic E-state index is 13.3. The van der Waals surface area contributed by atoms with Crippen molar-refractivity contribution in [2.45, 2.75) is 19.4 Å². The summed E-state index contributed by atoms with van der Waals surface area (Å²) < 4.78 is 19.0. The minimum Gasteiger partial charge on any atom is -0.488 e. The van der Waals surface area contributed by atoms with Gasteiger partial charge in [-0.25, -0.2) is 4.39 Å². The van der Waals surface area contributed by atoms with Crippen LogP contribution in [0.25, 0.3) is 0 Å². The lowest BCUT2D eigenvalue weighted by molar-refractivity contribution is 0.0998. The highest BCUT2D eigenvalue weighted by Crippen LogP contribution is 2.29. The molecule has 1 aliphatic rings. The van der Waals surface area contributed by atoms with E-state index in [1.54, 1.807) is 18.5 Å². The topological polar surface area (TPSA) is 76.5 Å². The number of rotatable bonds is 8. The smallest absolute Gasteiger partial charge is 0.170 e. The number of ether oxygens (including phenoxy) is 1. The first-order chi connectivity index (χ1) is 15.1. The largest absolute Gasteiger partial charge is 0.488 e. The second-order valence-electron chi connectivity index (χ2n) is 7.04. The van der Waals surface area contributed by atoms with Gasteiger partial charge in [0.15, 0.2) is 5.78 Å². The Labute approximate surface area is 184 Å². The normalized spacial score (nSPS) is 13.0. The predicted molar refractivity (Wildman–Crippen MR) is 117 cm³/mol. The molecule has 1 aromatic carbocycles. The van der Waals surface area contributed by atoms with Crippen LogP contribution in [0.1, 0.15) is 28.2 Å². The number of nitrogens with zero attached hydrogens (tertiary/aromatic N) is 3. The van der Waals surface area contributed by atoms with Crippen LogP contribution < -0.4 is 10.1 Å². The lowest BCUT2D eigenvalue weighted by atomic mass is 10.00. The van der Waals surface area contributed by atoms with Crippen molar-refractivity contribution in [3.8, 4) is 5.75 Å². The monoisotopic (exact) mass is 438 g/mol. The fourth-order valence-corrected chi connectivity index (χ4v) is 3.41. The summed E-state index contributed by atoms with van der Waals surface area (Å²) in [4.78, 5) is 26.0. The fraction of sp³-hybridized carbons (Fsp3) is 0.217. The van der Waals surface area contributed by atoms with Gasteiger partial charge in [-0.15, -0.1) is 0 Å². The minimum absolute atomic E-state index is 0.0206. The molecule has 0 atom stereocenters. The summed E-state index contributed by atoms with van der Waals surface area (Å²) in [5.41, 5.74) is 3.42. The number of carbonyl (C=O) groups excluding carboxylic acids is 1. The molecule has 0 aliphatic carbocycles. The first-order valence-corrected chi connectivity index (χ1v) is 10.2. The van der Waals surface area contributed by atoms with Crippen LogP contribution in [-0.2, 0) is 13.0 Å². The number of Topliss-reactive ketones (excluding diaryl/α,β-unsaturated/α-hetero) is 1. The zero-order valence-corrected chi connectivity index (χ0v) is 17.4. The first-order valence-electron chi connectivity index (χ1n) is 9.86. The Hall–Kier alpha value is -3.16. The second kappa shape index (κ2) is 9.76. The molecule has 8 heteroatoms. The van der Waals surface area contributed by atoms with E-state index in [0.29, 0.717) is 35.0 Å². The fourth-order valence-electron chi connectivity index (χ4n) is 3.24. The number of halogens is 2. The third-order valence-electron chi connectivity index (χ3n) is 4.81. The highest BCUT2D eigenvalue weighted by Gasteiger charge is 2.23. The first kappa shape index (κ1) is 21.1. The van der Waals surface area contributed by atoms with Gasteiger partial charge in [0.2, 0.25) is 0 Å². The number of ketones is 1. The van der Waals surface area contributed by atoms with E-state index in [9.17, 15) is 9.18 Å². The predicted octanol–water partition coefficient (Wildman–Crippen LogP) is 4.34. The Balaban J connectivity index is 1.42. The molecule has 158 valence electrons. The van der Waals surface area contributed by atoms with Crippen molar-refractivity contribution in [2.75, 3.05) is 13.2 Å². The van der Waals surface area contributed by atoms with Gasteiger partial charge < -0.3 is 10.1 Å². The van der Waals surface area contributed by atoms with Gasteiger partial charge in [-0.1, -0.05) is 17.7 Å². The van der Waals surface area contributed by atoms with Gasteiger partial charge in [-0.05, 0) is 30.3 Å². The third-order valence-corrected chi connectivity index (χ3v) is 5.10. The van der Waals surface area contributed by atoms with Gasteiger partial charge in [0.05, 0.1) is 28.5 Å². The maximum absolute atomic E-state index is 13.3. The molecule has 4 rings (SSSR count). The van der Waals surface area contributed by atoms with Crippen molar-refractivity contribution >= 4 is 28.8 Å². The number of nitrogens with one attached hydrogen (secondary N) is 1. The van der Waals surface area contributed by atoms with Crippen molar-refractivity contribution in [2.24, 2.45) is 4.99 Å². The van der Waals surface area contributed by atoms with Crippen LogP contribution in [0, 0.1) is 5.82 Å². The number of aromatic nitrogens is 2. The summed E-state index contributed by atoms with van der Waals surface area (Å²) in [6, 6.07) is 11.6. The number of fused-ring (bicyclic) bond motifs is 1. The Morgan fingerprint density at radius 2 is 2.03 bits per heavy atom. The number of aliphatic imine (C=N–C) groups is 1. The van der Waals surface area contributed by atoms with Crippen molar-refractivity contribution in [1.82, 2.24) is 15.3 Å². The van der Waals surface area contributed by atoms with E-state index in [1.165, 1.54) is 18.2 Å². The van der Waals surface area contributed by atoms with Crippen molar-refractivity contribution < 1.29 is 13.9 Å². The van der Waals surface area contributed by atoms with E-state index in [2.05, 4.69) is 20.3 Å². The summed E-state index contributed by atoms with van der Waals surface area (Å²) in [6.07, 6.45) is 4.36. The van der Waals surface area contributed by atoms with Crippen LogP contribution in [0.5, 0.6) is 5.75 Å². The zero-order valence-electron chi connectivity index (χ0n) is 16.6. The number of pyridine rings is 2. The average Bonchev–Trinajstić information content (AvgIpc) is 2.78. The molecular weight excluding hydrogens is 419 g/mol. The molecule has 31 heavy (non-hydrogen) atoms. The van der Waals surface area contributed by atoms with Crippen molar-refractivity contribution in [3.63, 3.8) is 0 Å². The lowest BCUT2D eigenvalue weighted by Gasteiger charge is -2.17. The van der Waals surface area contributed by atoms with E-state index in [0.717, 1.165) is 18.7 Å². The quantitative estimate of drug-likeness (QED) is 0.529. The molecule has 0 saturated carbocycles.